The molecule has 0 spiro atoms. The zero-order chi connectivity index (χ0) is 14.7. The Bertz CT molecular complexity index is 579. The molecular formula is C14H14F2N2OS. The number of carbonyl (C=O) groups excluding carboxylic acids is 1. The van der Waals surface area contributed by atoms with E-state index in [9.17, 15) is 13.6 Å². The monoisotopic (exact) mass is 296 g/mol. The molecule has 0 aliphatic carbocycles. The van der Waals surface area contributed by atoms with Gasteiger partial charge >= 0.3 is 0 Å². The fourth-order valence-electron chi connectivity index (χ4n) is 1.95. The summed E-state index contributed by atoms with van der Waals surface area (Å²) < 4.78 is 27.4. The van der Waals surface area contributed by atoms with Gasteiger partial charge in [0.2, 0.25) is 0 Å². The van der Waals surface area contributed by atoms with E-state index in [4.69, 9.17) is 0 Å². The molecule has 1 atom stereocenters. The van der Waals surface area contributed by atoms with E-state index in [2.05, 4.69) is 10.3 Å². The summed E-state index contributed by atoms with van der Waals surface area (Å²) in [5.74, 6) is -1.21. The fraction of sp³-hybridized carbons (Fsp3) is 0.286. The van der Waals surface area contributed by atoms with Gasteiger partial charge in [-0.15, -0.1) is 0 Å². The van der Waals surface area contributed by atoms with Crippen LogP contribution in [0.1, 0.15) is 12.5 Å². The summed E-state index contributed by atoms with van der Waals surface area (Å²) in [4.78, 5) is 15.4. The number of benzene rings is 1. The molecule has 0 amide bonds. The Balaban J connectivity index is 2.40. The Morgan fingerprint density at radius 1 is 1.40 bits per heavy atom. The molecule has 3 nitrogen and oxygen atoms in total. The van der Waals surface area contributed by atoms with Crippen molar-refractivity contribution in [3.63, 3.8) is 0 Å². The number of nitrogens with one attached hydrogen (secondary N) is 1. The second-order valence-electron chi connectivity index (χ2n) is 4.39. The molecule has 2 rings (SSSR count). The van der Waals surface area contributed by atoms with Gasteiger partial charge in [-0.2, -0.15) is 0 Å². The van der Waals surface area contributed by atoms with Gasteiger partial charge in [-0.3, -0.25) is 0 Å². The van der Waals surface area contributed by atoms with Crippen LogP contribution in [-0.2, 0) is 11.2 Å². The van der Waals surface area contributed by atoms with E-state index in [-0.39, 0.29) is 12.0 Å². The molecule has 0 bridgehead atoms. The van der Waals surface area contributed by atoms with Crippen LogP contribution in [0.5, 0.6) is 0 Å². The van der Waals surface area contributed by atoms with E-state index in [0.29, 0.717) is 16.4 Å². The summed E-state index contributed by atoms with van der Waals surface area (Å²) in [7, 11) is 0. The van der Waals surface area contributed by atoms with Crippen LogP contribution in [0.4, 0.5) is 8.78 Å². The highest BCUT2D eigenvalue weighted by Crippen LogP contribution is 2.23. The van der Waals surface area contributed by atoms with Crippen molar-refractivity contribution in [3.8, 4) is 0 Å². The highest BCUT2D eigenvalue weighted by molar-refractivity contribution is 8.13. The predicted octanol–water partition coefficient (Wildman–Crippen LogP) is 2.67. The van der Waals surface area contributed by atoms with Crippen LogP contribution in [-0.4, -0.2) is 23.8 Å². The van der Waals surface area contributed by atoms with Gasteiger partial charge < -0.3 is 10.1 Å². The molecule has 1 aliphatic heterocycles. The van der Waals surface area contributed by atoms with Gasteiger partial charge in [-0.1, -0.05) is 17.8 Å². The minimum atomic E-state index is -0.604. The first-order valence-corrected chi connectivity index (χ1v) is 7.26. The number of amidine groups is 1. The van der Waals surface area contributed by atoms with Crippen molar-refractivity contribution in [2.75, 3.05) is 6.26 Å². The van der Waals surface area contributed by atoms with Gasteiger partial charge in [0.25, 0.3) is 0 Å². The third-order valence-electron chi connectivity index (χ3n) is 3.17. The molecule has 0 saturated carbocycles. The zero-order valence-corrected chi connectivity index (χ0v) is 11.9. The number of hydrogen-bond acceptors (Lipinski definition) is 4. The van der Waals surface area contributed by atoms with E-state index >= 15 is 0 Å². The van der Waals surface area contributed by atoms with E-state index in [1.807, 2.05) is 6.26 Å². The Labute approximate surface area is 120 Å². The van der Waals surface area contributed by atoms with Gasteiger partial charge in [0.05, 0.1) is 0 Å². The van der Waals surface area contributed by atoms with Crippen molar-refractivity contribution in [2.24, 2.45) is 4.99 Å². The summed E-state index contributed by atoms with van der Waals surface area (Å²) in [5, 5.41) is 3.52. The largest absolute Gasteiger partial charge is 0.351 e. The lowest BCUT2D eigenvalue weighted by Crippen LogP contribution is -2.38. The van der Waals surface area contributed by atoms with Gasteiger partial charge in [0.1, 0.15) is 24.0 Å². The van der Waals surface area contributed by atoms with Crippen molar-refractivity contribution >= 4 is 23.2 Å². The number of carbonyl (C=O) groups is 1. The second kappa shape index (κ2) is 6.17. The topological polar surface area (TPSA) is 41.5 Å². The van der Waals surface area contributed by atoms with Crippen LogP contribution in [0.2, 0.25) is 0 Å². The fourth-order valence-corrected chi connectivity index (χ4v) is 2.40. The van der Waals surface area contributed by atoms with Gasteiger partial charge in [-0.25, -0.2) is 13.8 Å². The molecular weight excluding hydrogens is 282 g/mol. The van der Waals surface area contributed by atoms with E-state index in [1.54, 1.807) is 6.92 Å². The quantitative estimate of drug-likeness (QED) is 0.872. The van der Waals surface area contributed by atoms with Crippen LogP contribution in [0.3, 0.4) is 0 Å². The SMILES string of the molecule is CSC1=NC(Cc2c(F)cccc2F)=C(C)C(C=O)N1. The third-order valence-corrected chi connectivity index (χ3v) is 3.77. The summed E-state index contributed by atoms with van der Waals surface area (Å²) in [6.07, 6.45) is 2.61. The molecule has 0 fully saturated rings. The molecule has 1 aliphatic rings. The lowest BCUT2D eigenvalue weighted by atomic mass is 10.0. The predicted molar refractivity (Wildman–Crippen MR) is 76.7 cm³/mol. The number of aliphatic imine (C=N–C) groups is 1. The summed E-state index contributed by atoms with van der Waals surface area (Å²) in [6.45, 7) is 1.74. The lowest BCUT2D eigenvalue weighted by Gasteiger charge is -2.23. The average molecular weight is 296 g/mol. The minimum Gasteiger partial charge on any atom is -0.351 e. The van der Waals surface area contributed by atoms with E-state index < -0.39 is 17.7 Å². The molecule has 0 saturated heterocycles. The van der Waals surface area contributed by atoms with E-state index in [1.165, 1.54) is 30.0 Å². The molecule has 0 radical (unpaired) electrons. The summed E-state index contributed by atoms with van der Waals surface area (Å²) in [6, 6.07) is 3.25. The Morgan fingerprint density at radius 2 is 2.05 bits per heavy atom. The number of thioether (sulfide) groups is 1. The normalized spacial score (nSPS) is 18.6. The Hall–Kier alpha value is -1.69. The number of allylic oxidation sites excluding steroid dienone is 1. The molecule has 106 valence electrons. The van der Waals surface area contributed by atoms with Crippen LogP contribution in [0.25, 0.3) is 0 Å². The number of hydrogen-bond donors (Lipinski definition) is 1. The van der Waals surface area contributed by atoms with Crippen LogP contribution in [0, 0.1) is 11.6 Å². The molecule has 1 N–H and O–H groups in total. The molecule has 1 unspecified atom stereocenters. The standard InChI is InChI=1S/C14H14F2N2OS/c1-8-12(17-14(20-2)18-13(8)7-19)6-9-10(15)4-3-5-11(9)16/h3-5,7,13H,6H2,1-2H3,(H,17,18). The zero-order valence-electron chi connectivity index (χ0n) is 11.1. The minimum absolute atomic E-state index is 0.0282. The summed E-state index contributed by atoms with van der Waals surface area (Å²) in [5.41, 5.74) is 1.17. The number of nitrogens with zero attached hydrogens (tertiary/aromatic N) is 1. The van der Waals surface area contributed by atoms with Crippen LogP contribution >= 0.6 is 11.8 Å². The molecule has 1 heterocycles. The van der Waals surface area contributed by atoms with Crippen LogP contribution in [0.15, 0.2) is 34.5 Å². The smallest absolute Gasteiger partial charge is 0.161 e. The first-order chi connectivity index (χ1) is 9.56. The van der Waals surface area contributed by atoms with Crippen molar-refractivity contribution in [3.05, 3.63) is 46.7 Å². The summed E-state index contributed by atoms with van der Waals surface area (Å²) >= 11 is 1.35. The van der Waals surface area contributed by atoms with Gasteiger partial charge in [-0.05, 0) is 30.9 Å². The lowest BCUT2D eigenvalue weighted by molar-refractivity contribution is -0.108. The second-order valence-corrected chi connectivity index (χ2v) is 5.18. The first-order valence-electron chi connectivity index (χ1n) is 6.04. The number of rotatable bonds is 3. The van der Waals surface area contributed by atoms with Crippen molar-refractivity contribution in [1.82, 2.24) is 5.32 Å². The molecule has 0 aromatic heterocycles. The first kappa shape index (κ1) is 14.7. The van der Waals surface area contributed by atoms with E-state index in [0.717, 1.165) is 6.29 Å². The number of aldehydes is 1. The molecule has 6 heteroatoms. The average Bonchev–Trinajstić information content (AvgIpc) is 2.44. The van der Waals surface area contributed by atoms with Crippen molar-refractivity contribution < 1.29 is 13.6 Å². The van der Waals surface area contributed by atoms with Crippen molar-refractivity contribution in [1.29, 1.82) is 0 Å². The molecule has 1 aromatic carbocycles. The third kappa shape index (κ3) is 2.90. The maximum absolute atomic E-state index is 13.7. The van der Waals surface area contributed by atoms with Crippen LogP contribution < -0.4 is 5.32 Å². The maximum atomic E-state index is 13.7. The number of halogens is 2. The highest BCUT2D eigenvalue weighted by Gasteiger charge is 2.22. The van der Waals surface area contributed by atoms with Crippen molar-refractivity contribution in [2.45, 2.75) is 19.4 Å². The molecule has 1 aromatic rings. The van der Waals surface area contributed by atoms with Gasteiger partial charge in [0.15, 0.2) is 5.17 Å². The Morgan fingerprint density at radius 3 is 2.60 bits per heavy atom. The van der Waals surface area contributed by atoms with Gasteiger partial charge in [0, 0.05) is 17.7 Å². The Kier molecular flexibility index (Phi) is 4.54. The highest BCUT2D eigenvalue weighted by atomic mass is 32.2. The maximum Gasteiger partial charge on any atom is 0.161 e. The molecule has 20 heavy (non-hydrogen) atoms.